The van der Waals surface area contributed by atoms with Crippen LogP contribution in [-0.4, -0.2) is 32.3 Å². The van der Waals surface area contributed by atoms with Crippen molar-refractivity contribution in [2.24, 2.45) is 0 Å². The van der Waals surface area contributed by atoms with Crippen LogP contribution in [0.5, 0.6) is 0 Å². The smallest absolute Gasteiger partial charge is 0.449 e. The van der Waals surface area contributed by atoms with Crippen LogP contribution in [0.4, 0.5) is 13.2 Å². The van der Waals surface area contributed by atoms with Gasteiger partial charge >= 0.3 is 12.1 Å². The summed E-state index contributed by atoms with van der Waals surface area (Å²) in [5.74, 6) is -2.43. The molecule has 8 heteroatoms. The molecule has 0 aliphatic carbocycles. The largest absolute Gasteiger partial charge is 0.478 e. The maximum atomic E-state index is 13.0. The number of fused-ring (bicyclic) bond motifs is 1. The second kappa shape index (κ2) is 5.72. The number of aromatic carboxylic acids is 1. The average molecular weight is 302 g/mol. The zero-order chi connectivity index (χ0) is 15.6. The number of aliphatic hydroxyl groups is 1. The quantitative estimate of drug-likeness (QED) is 0.832. The number of aromatic nitrogens is 2. The summed E-state index contributed by atoms with van der Waals surface area (Å²) in [6.07, 6.45) is -4.06. The van der Waals surface area contributed by atoms with Crippen LogP contribution in [0.25, 0.3) is 11.0 Å². The molecule has 0 atom stereocenters. The van der Waals surface area contributed by atoms with Gasteiger partial charge in [0.15, 0.2) is 0 Å². The third-order valence-electron chi connectivity index (χ3n) is 3.04. The van der Waals surface area contributed by atoms with Crippen LogP contribution >= 0.6 is 0 Å². The van der Waals surface area contributed by atoms with Gasteiger partial charge in [-0.25, -0.2) is 9.78 Å². The van der Waals surface area contributed by atoms with Crippen LogP contribution in [0.15, 0.2) is 18.2 Å². The molecule has 0 saturated carbocycles. The second-order valence-electron chi connectivity index (χ2n) is 4.49. The monoisotopic (exact) mass is 302 g/mol. The number of unbranched alkanes of at least 4 members (excludes halogenated alkanes) is 1. The fourth-order valence-electron chi connectivity index (χ4n) is 2.17. The molecule has 0 saturated heterocycles. The van der Waals surface area contributed by atoms with E-state index in [0.29, 0.717) is 12.8 Å². The van der Waals surface area contributed by atoms with Gasteiger partial charge in [0.2, 0.25) is 5.82 Å². The minimum Gasteiger partial charge on any atom is -0.478 e. The number of aliphatic hydroxyl groups excluding tert-OH is 1. The standard InChI is InChI=1S/C13H13F3N2O3/c14-13(15,16)12-17-9-5-3-4-8(11(20)21)10(9)18(12)6-1-2-7-19/h3-5,19H,1-2,6-7H2,(H,20,21). The highest BCUT2D eigenvalue weighted by Crippen LogP contribution is 2.33. The summed E-state index contributed by atoms with van der Waals surface area (Å²) in [5, 5.41) is 17.9. The minimum absolute atomic E-state index is 0.00813. The third kappa shape index (κ3) is 2.99. The molecule has 0 fully saturated rings. The van der Waals surface area contributed by atoms with Gasteiger partial charge in [0, 0.05) is 13.2 Å². The summed E-state index contributed by atoms with van der Waals surface area (Å²) in [4.78, 5) is 14.7. The molecule has 21 heavy (non-hydrogen) atoms. The number of imidazole rings is 1. The Balaban J connectivity index is 2.65. The summed E-state index contributed by atoms with van der Waals surface area (Å²) < 4.78 is 40.0. The van der Waals surface area contributed by atoms with Gasteiger partial charge in [0.05, 0.1) is 16.6 Å². The first kappa shape index (κ1) is 15.3. The Morgan fingerprint density at radius 3 is 2.57 bits per heavy atom. The highest BCUT2D eigenvalue weighted by Gasteiger charge is 2.38. The van der Waals surface area contributed by atoms with Crippen molar-refractivity contribution in [2.75, 3.05) is 6.61 Å². The number of nitrogens with zero attached hydrogens (tertiary/aromatic N) is 2. The number of aryl methyl sites for hydroxylation is 1. The zero-order valence-electron chi connectivity index (χ0n) is 10.9. The maximum absolute atomic E-state index is 13.0. The molecule has 1 heterocycles. The van der Waals surface area contributed by atoms with Gasteiger partial charge in [0.25, 0.3) is 0 Å². The second-order valence-corrected chi connectivity index (χ2v) is 4.49. The normalized spacial score (nSPS) is 12.0. The fourth-order valence-corrected chi connectivity index (χ4v) is 2.17. The zero-order valence-corrected chi connectivity index (χ0v) is 10.9. The highest BCUT2D eigenvalue weighted by molar-refractivity contribution is 6.01. The number of para-hydroxylation sites is 1. The number of hydrogen-bond donors (Lipinski definition) is 2. The SMILES string of the molecule is O=C(O)c1cccc2nc(C(F)(F)F)n(CCCCO)c12. The molecule has 0 spiro atoms. The van der Waals surface area contributed by atoms with E-state index in [4.69, 9.17) is 10.2 Å². The first-order valence-corrected chi connectivity index (χ1v) is 6.27. The highest BCUT2D eigenvalue weighted by atomic mass is 19.4. The molecule has 5 nitrogen and oxygen atoms in total. The molecule has 0 radical (unpaired) electrons. The summed E-state index contributed by atoms with van der Waals surface area (Å²) in [6.45, 7) is -0.198. The van der Waals surface area contributed by atoms with E-state index in [1.807, 2.05) is 0 Å². The number of rotatable bonds is 5. The maximum Gasteiger partial charge on any atom is 0.449 e. The molecule has 0 aliphatic rings. The van der Waals surface area contributed by atoms with Gasteiger partial charge in [0.1, 0.15) is 0 Å². The molecule has 0 unspecified atom stereocenters. The number of benzene rings is 1. The summed E-state index contributed by atoms with van der Waals surface area (Å²) in [7, 11) is 0. The van der Waals surface area contributed by atoms with Crippen molar-refractivity contribution in [3.8, 4) is 0 Å². The fraction of sp³-hybridized carbons (Fsp3) is 0.385. The van der Waals surface area contributed by atoms with Gasteiger partial charge in [-0.05, 0) is 25.0 Å². The van der Waals surface area contributed by atoms with Crippen molar-refractivity contribution < 1.29 is 28.2 Å². The Bertz CT molecular complexity index is 664. The Hall–Kier alpha value is -2.09. The molecular formula is C13H13F3N2O3. The molecule has 2 aromatic rings. The van der Waals surface area contributed by atoms with Crippen molar-refractivity contribution in [3.63, 3.8) is 0 Å². The Labute approximate surface area is 117 Å². The number of carbonyl (C=O) groups is 1. The molecule has 0 amide bonds. The lowest BCUT2D eigenvalue weighted by Crippen LogP contribution is -2.16. The van der Waals surface area contributed by atoms with Crippen molar-refractivity contribution in [3.05, 3.63) is 29.6 Å². The Morgan fingerprint density at radius 2 is 2.00 bits per heavy atom. The number of carboxylic acids is 1. The topological polar surface area (TPSA) is 75.3 Å². The summed E-state index contributed by atoms with van der Waals surface area (Å²) in [6, 6.07) is 3.95. The molecule has 2 N–H and O–H groups in total. The molecule has 2 rings (SSSR count). The van der Waals surface area contributed by atoms with Crippen LogP contribution in [0.3, 0.4) is 0 Å². The van der Waals surface area contributed by atoms with Gasteiger partial charge in [-0.2, -0.15) is 13.2 Å². The molecule has 0 bridgehead atoms. The predicted octanol–water partition coefficient (Wildman–Crippen LogP) is 2.53. The van der Waals surface area contributed by atoms with E-state index in [1.165, 1.54) is 18.2 Å². The van der Waals surface area contributed by atoms with Crippen molar-refractivity contribution in [2.45, 2.75) is 25.6 Å². The molecule has 0 aliphatic heterocycles. The molecular weight excluding hydrogens is 289 g/mol. The van der Waals surface area contributed by atoms with Gasteiger partial charge in [-0.15, -0.1) is 0 Å². The van der Waals surface area contributed by atoms with Crippen LogP contribution in [0.2, 0.25) is 0 Å². The number of carboxylic acid groups (broad SMARTS) is 1. The summed E-state index contributed by atoms with van der Waals surface area (Å²) >= 11 is 0. The lowest BCUT2D eigenvalue weighted by molar-refractivity contribution is -0.147. The summed E-state index contributed by atoms with van der Waals surface area (Å²) in [5.41, 5.74) is -0.277. The van der Waals surface area contributed by atoms with E-state index in [9.17, 15) is 18.0 Å². The van der Waals surface area contributed by atoms with Crippen molar-refractivity contribution in [1.82, 2.24) is 9.55 Å². The van der Waals surface area contributed by atoms with Gasteiger partial charge in [-0.1, -0.05) is 6.07 Å². The van der Waals surface area contributed by atoms with E-state index >= 15 is 0 Å². The van der Waals surface area contributed by atoms with Gasteiger partial charge < -0.3 is 14.8 Å². The predicted molar refractivity (Wildman–Crippen MR) is 68.0 cm³/mol. The van der Waals surface area contributed by atoms with E-state index < -0.39 is 18.0 Å². The van der Waals surface area contributed by atoms with Crippen LogP contribution in [-0.2, 0) is 12.7 Å². The first-order valence-electron chi connectivity index (χ1n) is 6.27. The number of halogens is 3. The molecule has 1 aromatic carbocycles. The van der Waals surface area contributed by atoms with E-state index in [2.05, 4.69) is 4.98 Å². The number of hydrogen-bond acceptors (Lipinski definition) is 3. The van der Waals surface area contributed by atoms with Crippen LogP contribution in [0.1, 0.15) is 29.0 Å². The van der Waals surface area contributed by atoms with E-state index in [-0.39, 0.29) is 29.7 Å². The molecule has 114 valence electrons. The third-order valence-corrected chi connectivity index (χ3v) is 3.04. The lowest BCUT2D eigenvalue weighted by atomic mass is 10.2. The Morgan fingerprint density at radius 1 is 1.29 bits per heavy atom. The van der Waals surface area contributed by atoms with Crippen molar-refractivity contribution >= 4 is 17.0 Å². The Kier molecular flexibility index (Phi) is 4.17. The van der Waals surface area contributed by atoms with Gasteiger partial charge in [-0.3, -0.25) is 0 Å². The van der Waals surface area contributed by atoms with Crippen LogP contribution < -0.4 is 0 Å². The average Bonchev–Trinajstić information content (AvgIpc) is 2.78. The lowest BCUT2D eigenvalue weighted by Gasteiger charge is -2.12. The van der Waals surface area contributed by atoms with E-state index in [0.717, 1.165) is 4.57 Å². The van der Waals surface area contributed by atoms with Crippen molar-refractivity contribution in [1.29, 1.82) is 0 Å². The minimum atomic E-state index is -4.67. The van der Waals surface area contributed by atoms with E-state index in [1.54, 1.807) is 0 Å². The number of alkyl halides is 3. The molecule has 1 aromatic heterocycles. The van der Waals surface area contributed by atoms with Crippen LogP contribution in [0, 0.1) is 0 Å². The first-order chi connectivity index (χ1) is 9.86.